The molecule has 0 aliphatic heterocycles. The van der Waals surface area contributed by atoms with E-state index < -0.39 is 0 Å². The Bertz CT molecular complexity index is 498. The van der Waals surface area contributed by atoms with Gasteiger partial charge in [-0.2, -0.15) is 11.8 Å². The number of amides is 1. The van der Waals surface area contributed by atoms with E-state index in [9.17, 15) is 9.59 Å². The molecule has 0 saturated carbocycles. The summed E-state index contributed by atoms with van der Waals surface area (Å²) in [6.45, 7) is 1.89. The molecule has 0 aromatic heterocycles. The first-order valence-corrected chi connectivity index (χ1v) is 8.45. The number of hydrogen-bond donors (Lipinski definition) is 2. The smallest absolute Gasteiger partial charge is 0.306 e. The van der Waals surface area contributed by atoms with Gasteiger partial charge in [0.25, 0.3) is 0 Å². The van der Waals surface area contributed by atoms with Gasteiger partial charge >= 0.3 is 5.97 Å². The minimum atomic E-state index is -0.192. The minimum absolute atomic E-state index is 0. The Balaban J connectivity index is 0.00000484. The highest BCUT2D eigenvalue weighted by Crippen LogP contribution is 2.17. The number of nitrogens with one attached hydrogen (secondary N) is 1. The number of hydrogen-bond acceptors (Lipinski definition) is 5. The number of benzene rings is 1. The lowest BCUT2D eigenvalue weighted by atomic mass is 10.2. The third-order valence-electron chi connectivity index (χ3n) is 2.98. The molecule has 7 heteroatoms. The number of methoxy groups -OCH3 is 1. The van der Waals surface area contributed by atoms with E-state index in [0.29, 0.717) is 19.3 Å². The van der Waals surface area contributed by atoms with E-state index in [0.717, 1.165) is 22.8 Å². The molecule has 130 valence electrons. The molecule has 0 saturated heterocycles. The van der Waals surface area contributed by atoms with Gasteiger partial charge in [-0.1, -0.05) is 12.1 Å². The standard InChI is InChI=1S/C16H24N2O3S.ClH/c1-12(17)6-7-15(19)18-14-5-3-4-13(10-14)11-22-9-8-16(20)21-2;/h3-5,10,12H,6-9,11,17H2,1-2H3,(H,18,19);1H. The highest BCUT2D eigenvalue weighted by molar-refractivity contribution is 7.98. The molecule has 1 aromatic carbocycles. The molecule has 23 heavy (non-hydrogen) atoms. The molecule has 1 rings (SSSR count). The zero-order valence-corrected chi connectivity index (χ0v) is 15.2. The van der Waals surface area contributed by atoms with Gasteiger partial charge in [-0.3, -0.25) is 9.59 Å². The van der Waals surface area contributed by atoms with Gasteiger partial charge < -0.3 is 15.8 Å². The van der Waals surface area contributed by atoms with Crippen molar-refractivity contribution in [3.63, 3.8) is 0 Å². The van der Waals surface area contributed by atoms with Gasteiger partial charge in [0.05, 0.1) is 13.5 Å². The van der Waals surface area contributed by atoms with Crippen LogP contribution in [0.5, 0.6) is 0 Å². The Kier molecular flexibility index (Phi) is 11.6. The molecule has 3 N–H and O–H groups in total. The van der Waals surface area contributed by atoms with Crippen LogP contribution in [0.1, 0.15) is 31.7 Å². The van der Waals surface area contributed by atoms with Crippen molar-refractivity contribution in [1.29, 1.82) is 0 Å². The molecule has 1 atom stereocenters. The molecule has 0 bridgehead atoms. The summed E-state index contributed by atoms with van der Waals surface area (Å²) in [7, 11) is 1.39. The molecule has 1 unspecified atom stereocenters. The lowest BCUT2D eigenvalue weighted by Crippen LogP contribution is -2.19. The van der Waals surface area contributed by atoms with E-state index in [2.05, 4.69) is 10.1 Å². The van der Waals surface area contributed by atoms with Crippen LogP contribution in [0.2, 0.25) is 0 Å². The lowest BCUT2D eigenvalue weighted by molar-refractivity contribution is -0.140. The first-order chi connectivity index (χ1) is 10.5. The molecule has 0 spiro atoms. The van der Waals surface area contributed by atoms with Crippen LogP contribution in [0.4, 0.5) is 5.69 Å². The number of nitrogens with two attached hydrogens (primary N) is 1. The van der Waals surface area contributed by atoms with Crippen LogP contribution in [0.3, 0.4) is 0 Å². The second-order valence-corrected chi connectivity index (χ2v) is 6.25. The van der Waals surface area contributed by atoms with Crippen molar-refractivity contribution in [3.05, 3.63) is 29.8 Å². The van der Waals surface area contributed by atoms with E-state index in [1.807, 2.05) is 31.2 Å². The Morgan fingerprint density at radius 3 is 2.74 bits per heavy atom. The number of halogens is 1. The summed E-state index contributed by atoms with van der Waals surface area (Å²) < 4.78 is 4.60. The predicted octanol–water partition coefficient (Wildman–Crippen LogP) is 2.97. The zero-order valence-electron chi connectivity index (χ0n) is 13.5. The molecule has 0 fully saturated rings. The molecule has 0 radical (unpaired) electrons. The second-order valence-electron chi connectivity index (χ2n) is 5.14. The van der Waals surface area contributed by atoms with Gasteiger partial charge in [0.15, 0.2) is 0 Å². The van der Waals surface area contributed by atoms with Crippen LogP contribution in [-0.2, 0) is 20.1 Å². The number of rotatable bonds is 9. The van der Waals surface area contributed by atoms with Gasteiger partial charge in [-0.15, -0.1) is 12.4 Å². The molecule has 1 aromatic rings. The van der Waals surface area contributed by atoms with Crippen LogP contribution in [-0.4, -0.2) is 30.8 Å². The van der Waals surface area contributed by atoms with Gasteiger partial charge in [-0.05, 0) is 31.0 Å². The fourth-order valence-electron chi connectivity index (χ4n) is 1.77. The number of esters is 1. The number of carbonyl (C=O) groups is 2. The molecule has 5 nitrogen and oxygen atoms in total. The van der Waals surface area contributed by atoms with Crippen molar-refractivity contribution in [3.8, 4) is 0 Å². The van der Waals surface area contributed by atoms with Gasteiger partial charge in [0, 0.05) is 29.7 Å². The van der Waals surface area contributed by atoms with Gasteiger partial charge in [0.2, 0.25) is 5.91 Å². The molecule has 0 heterocycles. The van der Waals surface area contributed by atoms with Crippen LogP contribution in [0.25, 0.3) is 0 Å². The van der Waals surface area contributed by atoms with Crippen LogP contribution < -0.4 is 11.1 Å². The Hall–Kier alpha value is -1.24. The summed E-state index contributed by atoms with van der Waals surface area (Å²) in [6, 6.07) is 7.77. The third kappa shape index (κ3) is 10.2. The summed E-state index contributed by atoms with van der Waals surface area (Å²) in [5.74, 6) is 1.30. The van der Waals surface area contributed by atoms with Gasteiger partial charge in [0.1, 0.15) is 0 Å². The number of ether oxygens (including phenoxy) is 1. The van der Waals surface area contributed by atoms with E-state index in [1.54, 1.807) is 11.8 Å². The molecular weight excluding hydrogens is 336 g/mol. The average Bonchev–Trinajstić information content (AvgIpc) is 2.49. The fourth-order valence-corrected chi connectivity index (χ4v) is 2.64. The summed E-state index contributed by atoms with van der Waals surface area (Å²) in [4.78, 5) is 22.8. The Labute approximate surface area is 148 Å². The normalized spacial score (nSPS) is 11.3. The van der Waals surface area contributed by atoms with Crippen LogP contribution in [0, 0.1) is 0 Å². The Morgan fingerprint density at radius 2 is 2.09 bits per heavy atom. The molecule has 0 aliphatic rings. The summed E-state index contributed by atoms with van der Waals surface area (Å²) in [5.41, 5.74) is 7.55. The van der Waals surface area contributed by atoms with E-state index in [4.69, 9.17) is 5.73 Å². The van der Waals surface area contributed by atoms with Crippen LogP contribution >= 0.6 is 24.2 Å². The van der Waals surface area contributed by atoms with E-state index in [1.165, 1.54) is 7.11 Å². The van der Waals surface area contributed by atoms with Crippen molar-refractivity contribution in [2.24, 2.45) is 5.73 Å². The number of anilines is 1. The van der Waals surface area contributed by atoms with E-state index in [-0.39, 0.29) is 30.3 Å². The number of carbonyl (C=O) groups excluding carboxylic acids is 2. The van der Waals surface area contributed by atoms with Gasteiger partial charge in [-0.25, -0.2) is 0 Å². The highest BCUT2D eigenvalue weighted by Gasteiger charge is 2.05. The van der Waals surface area contributed by atoms with E-state index >= 15 is 0 Å². The summed E-state index contributed by atoms with van der Waals surface area (Å²) >= 11 is 1.66. The minimum Gasteiger partial charge on any atom is -0.469 e. The summed E-state index contributed by atoms with van der Waals surface area (Å²) in [5, 5.41) is 2.88. The lowest BCUT2D eigenvalue weighted by Gasteiger charge is -2.08. The first kappa shape index (κ1) is 21.8. The monoisotopic (exact) mass is 360 g/mol. The first-order valence-electron chi connectivity index (χ1n) is 7.30. The molecular formula is C16H25ClN2O3S. The largest absolute Gasteiger partial charge is 0.469 e. The molecule has 1 amide bonds. The average molecular weight is 361 g/mol. The molecule has 0 aliphatic carbocycles. The maximum atomic E-state index is 11.8. The van der Waals surface area contributed by atoms with Crippen molar-refractivity contribution in [1.82, 2.24) is 0 Å². The topological polar surface area (TPSA) is 81.4 Å². The van der Waals surface area contributed by atoms with Crippen molar-refractivity contribution < 1.29 is 14.3 Å². The third-order valence-corrected chi connectivity index (χ3v) is 4.01. The zero-order chi connectivity index (χ0) is 16.4. The Morgan fingerprint density at radius 1 is 1.35 bits per heavy atom. The maximum Gasteiger partial charge on any atom is 0.306 e. The van der Waals surface area contributed by atoms with Crippen LogP contribution in [0.15, 0.2) is 24.3 Å². The van der Waals surface area contributed by atoms with Crippen molar-refractivity contribution in [2.45, 2.75) is 38.0 Å². The SMILES string of the molecule is COC(=O)CCSCc1cccc(NC(=O)CCC(C)N)c1.Cl. The second kappa shape index (κ2) is 12.2. The van der Waals surface area contributed by atoms with Crippen molar-refractivity contribution in [2.75, 3.05) is 18.2 Å². The summed E-state index contributed by atoms with van der Waals surface area (Å²) in [6.07, 6.45) is 1.51. The predicted molar refractivity (Wildman–Crippen MR) is 98.0 cm³/mol. The van der Waals surface area contributed by atoms with Crippen molar-refractivity contribution >= 4 is 41.7 Å². The maximum absolute atomic E-state index is 11.8. The quantitative estimate of drug-likeness (QED) is 0.522. The fraction of sp³-hybridized carbons (Fsp3) is 0.500. The number of thioether (sulfide) groups is 1. The highest BCUT2D eigenvalue weighted by atomic mass is 35.5.